The molecule has 2 aromatic rings. The smallest absolute Gasteiger partial charge is 0.247 e. The van der Waals surface area contributed by atoms with E-state index in [2.05, 4.69) is 15.9 Å². The fourth-order valence-corrected chi connectivity index (χ4v) is 2.97. The fraction of sp³-hybridized carbons (Fsp3) is 0.278. The molecule has 5 nitrogen and oxygen atoms in total. The van der Waals surface area contributed by atoms with E-state index in [0.29, 0.717) is 12.3 Å². The molecule has 0 aliphatic carbocycles. The number of amides is 1. The second-order valence-electron chi connectivity index (χ2n) is 6.06. The summed E-state index contributed by atoms with van der Waals surface area (Å²) in [4.78, 5) is 14.4. The van der Waals surface area contributed by atoms with Crippen LogP contribution < -0.4 is 15.2 Å². The van der Waals surface area contributed by atoms with Gasteiger partial charge in [0.2, 0.25) is 12.7 Å². The quantitative estimate of drug-likeness (QED) is 0.871. The number of nitrogens with two attached hydrogens (primary N) is 1. The fourth-order valence-electron chi connectivity index (χ4n) is 2.70. The summed E-state index contributed by atoms with van der Waals surface area (Å²) >= 11 is 3.39. The molecule has 0 fully saturated rings. The Bertz CT molecular complexity index is 759. The number of hydrogen-bond donors (Lipinski definition) is 1. The van der Waals surface area contributed by atoms with Crippen molar-refractivity contribution in [2.75, 3.05) is 13.8 Å². The van der Waals surface area contributed by atoms with Crippen LogP contribution in [0.15, 0.2) is 46.9 Å². The lowest BCUT2D eigenvalue weighted by molar-refractivity contribution is -0.136. The molecule has 1 aliphatic rings. The molecule has 2 N–H and O–H groups in total. The van der Waals surface area contributed by atoms with Gasteiger partial charge in [-0.15, -0.1) is 0 Å². The van der Waals surface area contributed by atoms with Crippen molar-refractivity contribution in [3.63, 3.8) is 0 Å². The number of likely N-dealkylation sites (N-methyl/N-ethyl adjacent to an activating group) is 1. The van der Waals surface area contributed by atoms with Crippen LogP contribution in [0.25, 0.3) is 0 Å². The largest absolute Gasteiger partial charge is 0.454 e. The number of halogens is 1. The van der Waals surface area contributed by atoms with E-state index in [1.807, 2.05) is 42.5 Å². The Labute approximate surface area is 149 Å². The molecule has 0 saturated heterocycles. The highest BCUT2D eigenvalue weighted by molar-refractivity contribution is 9.10. The van der Waals surface area contributed by atoms with Crippen molar-refractivity contribution in [3.05, 3.63) is 58.1 Å². The average Bonchev–Trinajstić information content (AvgIpc) is 3.02. The molecule has 0 saturated carbocycles. The zero-order valence-electron chi connectivity index (χ0n) is 13.6. The van der Waals surface area contributed by atoms with Crippen molar-refractivity contribution in [3.8, 4) is 11.5 Å². The first-order valence-corrected chi connectivity index (χ1v) is 8.36. The maximum Gasteiger partial charge on any atom is 0.247 e. The summed E-state index contributed by atoms with van der Waals surface area (Å²) in [6.45, 7) is 2.41. The molecule has 6 heteroatoms. The zero-order chi connectivity index (χ0) is 17.3. The predicted octanol–water partition coefficient (Wildman–Crippen LogP) is 3.01. The highest BCUT2D eigenvalue weighted by Gasteiger charge is 2.33. The van der Waals surface area contributed by atoms with E-state index in [9.17, 15) is 4.79 Å². The van der Waals surface area contributed by atoms with E-state index in [1.54, 1.807) is 18.9 Å². The summed E-state index contributed by atoms with van der Waals surface area (Å²) in [6.07, 6.45) is 0. The van der Waals surface area contributed by atoms with Gasteiger partial charge >= 0.3 is 0 Å². The average molecular weight is 391 g/mol. The Morgan fingerprint density at radius 3 is 2.58 bits per heavy atom. The lowest BCUT2D eigenvalue weighted by atomic mass is 9.91. The number of benzene rings is 2. The Balaban J connectivity index is 1.75. The second-order valence-corrected chi connectivity index (χ2v) is 6.97. The summed E-state index contributed by atoms with van der Waals surface area (Å²) < 4.78 is 11.6. The monoisotopic (exact) mass is 390 g/mol. The van der Waals surface area contributed by atoms with Crippen LogP contribution in [0.5, 0.6) is 11.5 Å². The van der Waals surface area contributed by atoms with Gasteiger partial charge in [-0.1, -0.05) is 34.1 Å². The molecular formula is C18H19BrN2O3. The first-order valence-electron chi connectivity index (χ1n) is 7.57. The molecule has 3 rings (SSSR count). The Kier molecular flexibility index (Phi) is 4.51. The van der Waals surface area contributed by atoms with Crippen LogP contribution in [0.4, 0.5) is 0 Å². The first kappa shape index (κ1) is 16.8. The van der Waals surface area contributed by atoms with Gasteiger partial charge in [-0.05, 0) is 42.3 Å². The lowest BCUT2D eigenvalue weighted by Crippen LogP contribution is -2.49. The van der Waals surface area contributed by atoms with Gasteiger partial charge in [0.05, 0.1) is 0 Å². The molecular weight excluding hydrogens is 372 g/mol. The van der Waals surface area contributed by atoms with Crippen LogP contribution >= 0.6 is 15.9 Å². The molecule has 24 heavy (non-hydrogen) atoms. The Hall–Kier alpha value is -2.05. The SMILES string of the molecule is CN(Cc1ccc2c(c1)OCO2)C(=O)C(C)(N)c1ccc(Br)cc1. The Morgan fingerprint density at radius 2 is 1.88 bits per heavy atom. The van der Waals surface area contributed by atoms with Crippen LogP contribution in [0.3, 0.4) is 0 Å². The maximum absolute atomic E-state index is 12.8. The van der Waals surface area contributed by atoms with Gasteiger partial charge in [-0.25, -0.2) is 0 Å². The molecule has 0 aromatic heterocycles. The summed E-state index contributed by atoms with van der Waals surface area (Å²) in [5, 5.41) is 0. The minimum absolute atomic E-state index is 0.150. The molecule has 0 radical (unpaired) electrons. The van der Waals surface area contributed by atoms with Crippen molar-refractivity contribution in [2.24, 2.45) is 5.73 Å². The molecule has 0 bridgehead atoms. The van der Waals surface area contributed by atoms with E-state index in [4.69, 9.17) is 15.2 Å². The van der Waals surface area contributed by atoms with Gasteiger partial charge in [-0.2, -0.15) is 0 Å². The van der Waals surface area contributed by atoms with Crippen molar-refractivity contribution >= 4 is 21.8 Å². The standard InChI is InChI=1S/C18H19BrN2O3/c1-18(20,13-4-6-14(19)7-5-13)17(22)21(2)10-12-3-8-15-16(9-12)24-11-23-15/h3-9H,10-11,20H2,1-2H3. The number of carbonyl (C=O) groups is 1. The summed E-state index contributed by atoms with van der Waals surface area (Å²) in [5.74, 6) is 1.28. The molecule has 1 heterocycles. The van der Waals surface area contributed by atoms with Gasteiger partial charge < -0.3 is 20.1 Å². The molecule has 1 unspecified atom stereocenters. The predicted molar refractivity (Wildman–Crippen MR) is 94.7 cm³/mol. The van der Waals surface area contributed by atoms with E-state index in [0.717, 1.165) is 21.3 Å². The minimum atomic E-state index is -1.09. The highest BCUT2D eigenvalue weighted by atomic mass is 79.9. The van der Waals surface area contributed by atoms with Crippen LogP contribution in [-0.2, 0) is 16.9 Å². The third-order valence-corrected chi connectivity index (χ3v) is 4.62. The minimum Gasteiger partial charge on any atom is -0.454 e. The van der Waals surface area contributed by atoms with Crippen molar-refractivity contribution < 1.29 is 14.3 Å². The van der Waals surface area contributed by atoms with Crippen LogP contribution in [0, 0.1) is 0 Å². The van der Waals surface area contributed by atoms with Crippen molar-refractivity contribution in [1.29, 1.82) is 0 Å². The van der Waals surface area contributed by atoms with E-state index < -0.39 is 5.54 Å². The van der Waals surface area contributed by atoms with Gasteiger partial charge in [0.1, 0.15) is 5.54 Å². The second kappa shape index (κ2) is 6.45. The van der Waals surface area contributed by atoms with Crippen LogP contribution in [0.2, 0.25) is 0 Å². The first-order chi connectivity index (χ1) is 11.4. The number of fused-ring (bicyclic) bond motifs is 1. The number of nitrogens with zero attached hydrogens (tertiary/aromatic N) is 1. The number of ether oxygens (including phenoxy) is 2. The van der Waals surface area contributed by atoms with Gasteiger partial charge in [0.15, 0.2) is 11.5 Å². The molecule has 126 valence electrons. The van der Waals surface area contributed by atoms with Gasteiger partial charge in [0.25, 0.3) is 0 Å². The molecule has 1 aliphatic heterocycles. The van der Waals surface area contributed by atoms with E-state index in [-0.39, 0.29) is 12.7 Å². The number of carbonyl (C=O) groups excluding carboxylic acids is 1. The normalized spacial score (nSPS) is 15.0. The van der Waals surface area contributed by atoms with E-state index in [1.165, 1.54) is 0 Å². The number of hydrogen-bond acceptors (Lipinski definition) is 4. The van der Waals surface area contributed by atoms with Crippen LogP contribution in [0.1, 0.15) is 18.1 Å². The highest BCUT2D eigenvalue weighted by Crippen LogP contribution is 2.33. The summed E-state index contributed by atoms with van der Waals surface area (Å²) in [6, 6.07) is 13.1. The Morgan fingerprint density at radius 1 is 1.21 bits per heavy atom. The third kappa shape index (κ3) is 3.25. The van der Waals surface area contributed by atoms with Crippen molar-refractivity contribution in [1.82, 2.24) is 4.90 Å². The lowest BCUT2D eigenvalue weighted by Gasteiger charge is -2.30. The summed E-state index contributed by atoms with van der Waals surface area (Å²) in [7, 11) is 1.75. The number of rotatable bonds is 4. The van der Waals surface area contributed by atoms with Gasteiger partial charge in [0, 0.05) is 18.1 Å². The summed E-state index contributed by atoms with van der Waals surface area (Å²) in [5.41, 5.74) is 6.97. The third-order valence-electron chi connectivity index (χ3n) is 4.09. The van der Waals surface area contributed by atoms with Crippen LogP contribution in [-0.4, -0.2) is 24.6 Å². The van der Waals surface area contributed by atoms with Gasteiger partial charge in [-0.3, -0.25) is 4.79 Å². The molecule has 2 aromatic carbocycles. The maximum atomic E-state index is 12.8. The van der Waals surface area contributed by atoms with E-state index >= 15 is 0 Å². The molecule has 1 atom stereocenters. The topological polar surface area (TPSA) is 64.8 Å². The molecule has 0 spiro atoms. The zero-order valence-corrected chi connectivity index (χ0v) is 15.2. The molecule has 1 amide bonds. The van der Waals surface area contributed by atoms with Crippen molar-refractivity contribution in [2.45, 2.75) is 19.0 Å².